The van der Waals surface area contributed by atoms with Crippen LogP contribution in [0.1, 0.15) is 52.1 Å². The minimum absolute atomic E-state index is 0.0443. The maximum absolute atomic E-state index is 12.0. The summed E-state index contributed by atoms with van der Waals surface area (Å²) >= 11 is 0. The van der Waals surface area contributed by atoms with Crippen LogP contribution in [0.5, 0.6) is 0 Å². The molecule has 4 atom stereocenters. The van der Waals surface area contributed by atoms with E-state index in [0.29, 0.717) is 0 Å². The lowest BCUT2D eigenvalue weighted by Gasteiger charge is -2.36. The fourth-order valence-electron chi connectivity index (χ4n) is 2.99. The Labute approximate surface area is 156 Å². The van der Waals surface area contributed by atoms with Crippen molar-refractivity contribution < 1.29 is 19.0 Å². The van der Waals surface area contributed by atoms with Crippen molar-refractivity contribution in [2.24, 2.45) is 0 Å². The molecule has 1 aliphatic heterocycles. The molecule has 0 aromatic heterocycles. The van der Waals surface area contributed by atoms with Gasteiger partial charge in [0.05, 0.1) is 12.1 Å². The number of nitrogens with one attached hydrogen (secondary N) is 2. The van der Waals surface area contributed by atoms with Gasteiger partial charge in [0, 0.05) is 19.7 Å². The molecule has 26 heavy (non-hydrogen) atoms. The van der Waals surface area contributed by atoms with Gasteiger partial charge in [-0.2, -0.15) is 0 Å². The van der Waals surface area contributed by atoms with E-state index in [1.54, 1.807) is 7.11 Å². The van der Waals surface area contributed by atoms with E-state index in [9.17, 15) is 4.79 Å². The van der Waals surface area contributed by atoms with E-state index in [1.165, 1.54) is 5.56 Å². The van der Waals surface area contributed by atoms with Gasteiger partial charge < -0.3 is 24.8 Å². The molecule has 1 aromatic rings. The summed E-state index contributed by atoms with van der Waals surface area (Å²) in [6.45, 7) is 8.39. The molecule has 1 fully saturated rings. The number of alkyl carbamates (subject to hydrolysis) is 1. The predicted octanol–water partition coefficient (Wildman–Crippen LogP) is 3.38. The van der Waals surface area contributed by atoms with Crippen LogP contribution in [0, 0.1) is 0 Å². The number of rotatable bonds is 6. The fourth-order valence-corrected chi connectivity index (χ4v) is 2.99. The van der Waals surface area contributed by atoms with Crippen molar-refractivity contribution in [3.05, 3.63) is 35.9 Å². The molecular weight excluding hydrogens is 332 g/mol. The molecule has 1 aromatic carbocycles. The van der Waals surface area contributed by atoms with Crippen molar-refractivity contribution >= 4 is 6.09 Å². The number of ether oxygens (including phenoxy) is 3. The molecule has 0 unspecified atom stereocenters. The zero-order chi connectivity index (χ0) is 19.2. The second-order valence-corrected chi connectivity index (χ2v) is 7.73. The minimum Gasteiger partial charge on any atom is -0.444 e. The quantitative estimate of drug-likeness (QED) is 0.810. The van der Waals surface area contributed by atoms with Crippen LogP contribution in [-0.2, 0) is 14.2 Å². The average Bonchev–Trinajstić information content (AvgIpc) is 2.59. The molecule has 0 radical (unpaired) electrons. The van der Waals surface area contributed by atoms with Crippen LogP contribution in [0.2, 0.25) is 0 Å². The van der Waals surface area contributed by atoms with E-state index in [-0.39, 0.29) is 18.2 Å². The fraction of sp³-hybridized carbons (Fsp3) is 0.650. The van der Waals surface area contributed by atoms with E-state index in [4.69, 9.17) is 14.2 Å². The molecule has 1 amide bonds. The van der Waals surface area contributed by atoms with Gasteiger partial charge in [0.15, 0.2) is 6.29 Å². The molecule has 6 heteroatoms. The van der Waals surface area contributed by atoms with Crippen molar-refractivity contribution in [2.75, 3.05) is 13.7 Å². The summed E-state index contributed by atoms with van der Waals surface area (Å²) < 4.78 is 16.8. The van der Waals surface area contributed by atoms with Crippen molar-refractivity contribution in [2.45, 2.75) is 70.6 Å². The predicted molar refractivity (Wildman–Crippen MR) is 101 cm³/mol. The van der Waals surface area contributed by atoms with Gasteiger partial charge in [0.2, 0.25) is 0 Å². The normalized spacial score (nSPS) is 24.7. The molecule has 0 aliphatic carbocycles. The molecule has 1 saturated heterocycles. The van der Waals surface area contributed by atoms with Gasteiger partial charge in [-0.05, 0) is 46.1 Å². The molecule has 1 aliphatic rings. The summed E-state index contributed by atoms with van der Waals surface area (Å²) in [5, 5.41) is 6.36. The van der Waals surface area contributed by atoms with Crippen molar-refractivity contribution in [3.8, 4) is 0 Å². The highest BCUT2D eigenvalue weighted by atomic mass is 16.7. The Balaban J connectivity index is 1.80. The zero-order valence-electron chi connectivity index (χ0n) is 16.5. The molecule has 0 spiro atoms. The van der Waals surface area contributed by atoms with Crippen LogP contribution in [0.4, 0.5) is 4.79 Å². The van der Waals surface area contributed by atoms with Crippen molar-refractivity contribution in [1.29, 1.82) is 0 Å². The van der Waals surface area contributed by atoms with Crippen LogP contribution < -0.4 is 10.6 Å². The van der Waals surface area contributed by atoms with Gasteiger partial charge in [0.25, 0.3) is 0 Å². The first-order chi connectivity index (χ1) is 12.3. The molecule has 2 rings (SSSR count). The highest BCUT2D eigenvalue weighted by molar-refractivity contribution is 5.68. The smallest absolute Gasteiger partial charge is 0.408 e. The average molecular weight is 364 g/mol. The van der Waals surface area contributed by atoms with Gasteiger partial charge in [-0.15, -0.1) is 0 Å². The van der Waals surface area contributed by atoms with Crippen LogP contribution >= 0.6 is 0 Å². The third kappa shape index (κ3) is 6.59. The third-order valence-electron chi connectivity index (χ3n) is 4.34. The van der Waals surface area contributed by atoms with Crippen molar-refractivity contribution in [3.63, 3.8) is 0 Å². The van der Waals surface area contributed by atoms with Crippen LogP contribution in [0.3, 0.4) is 0 Å². The first-order valence-corrected chi connectivity index (χ1v) is 9.24. The summed E-state index contributed by atoms with van der Waals surface area (Å²) in [6.07, 6.45) is 0.749. The number of amides is 1. The Hall–Kier alpha value is -1.63. The largest absolute Gasteiger partial charge is 0.444 e. The van der Waals surface area contributed by atoms with E-state index in [0.717, 1.165) is 19.4 Å². The van der Waals surface area contributed by atoms with Gasteiger partial charge in [0.1, 0.15) is 5.60 Å². The molecule has 0 bridgehead atoms. The molecule has 146 valence electrons. The van der Waals surface area contributed by atoms with Gasteiger partial charge in [-0.25, -0.2) is 4.79 Å². The first-order valence-electron chi connectivity index (χ1n) is 9.24. The summed E-state index contributed by atoms with van der Waals surface area (Å²) in [7, 11) is 1.59. The summed E-state index contributed by atoms with van der Waals surface area (Å²) in [5.41, 5.74) is 0.721. The number of hydrogen-bond donors (Lipinski definition) is 2. The maximum Gasteiger partial charge on any atom is 0.408 e. The number of benzene rings is 1. The summed E-state index contributed by atoms with van der Waals surface area (Å²) in [4.78, 5) is 12.0. The van der Waals surface area contributed by atoms with E-state index in [2.05, 4.69) is 29.7 Å². The lowest BCUT2D eigenvalue weighted by atomic mass is 10.0. The SMILES string of the molecule is CO[C@@H]1O[C@@H](CN[C@@H](C)c2ccccc2)CC[C@@H]1NC(=O)OC(C)(C)C. The van der Waals surface area contributed by atoms with Gasteiger partial charge in [-0.1, -0.05) is 30.3 Å². The minimum atomic E-state index is -0.526. The van der Waals surface area contributed by atoms with Crippen molar-refractivity contribution in [1.82, 2.24) is 10.6 Å². The molecular formula is C20H32N2O4. The topological polar surface area (TPSA) is 68.8 Å². The van der Waals surface area contributed by atoms with Crippen LogP contribution in [-0.4, -0.2) is 43.8 Å². The molecule has 0 saturated carbocycles. The number of methoxy groups -OCH3 is 1. The standard InChI is InChI=1S/C20H32N2O4/c1-14(15-9-7-6-8-10-15)21-13-16-11-12-17(18(24-5)25-16)22-19(23)26-20(2,3)4/h6-10,14,16-18,21H,11-13H2,1-5H3,(H,22,23)/t14-,16+,17-,18+/m0/s1. The number of carbonyl (C=O) groups excluding carboxylic acids is 1. The van der Waals surface area contributed by atoms with Crippen LogP contribution in [0.15, 0.2) is 30.3 Å². The van der Waals surface area contributed by atoms with E-state index < -0.39 is 18.0 Å². The summed E-state index contributed by atoms with van der Waals surface area (Å²) in [6, 6.07) is 10.4. The maximum atomic E-state index is 12.0. The third-order valence-corrected chi connectivity index (χ3v) is 4.34. The molecule has 6 nitrogen and oxygen atoms in total. The monoisotopic (exact) mass is 364 g/mol. The van der Waals surface area contributed by atoms with Crippen LogP contribution in [0.25, 0.3) is 0 Å². The first kappa shape index (κ1) is 20.7. The second kappa shape index (κ2) is 9.35. The summed E-state index contributed by atoms with van der Waals surface area (Å²) in [5.74, 6) is 0. The second-order valence-electron chi connectivity index (χ2n) is 7.73. The lowest BCUT2D eigenvalue weighted by molar-refractivity contribution is -0.192. The molecule has 1 heterocycles. The Morgan fingerprint density at radius 2 is 1.96 bits per heavy atom. The number of carbonyl (C=O) groups is 1. The Morgan fingerprint density at radius 3 is 2.58 bits per heavy atom. The van der Waals surface area contributed by atoms with Gasteiger partial charge in [-0.3, -0.25) is 0 Å². The Bertz CT molecular complexity index is 559. The lowest BCUT2D eigenvalue weighted by Crippen LogP contribution is -2.52. The number of hydrogen-bond acceptors (Lipinski definition) is 5. The zero-order valence-corrected chi connectivity index (χ0v) is 16.5. The highest BCUT2D eigenvalue weighted by Gasteiger charge is 2.33. The van der Waals surface area contributed by atoms with E-state index >= 15 is 0 Å². The Morgan fingerprint density at radius 1 is 1.27 bits per heavy atom. The Kier molecular flexibility index (Phi) is 7.43. The van der Waals surface area contributed by atoms with E-state index in [1.807, 2.05) is 39.0 Å². The van der Waals surface area contributed by atoms with Gasteiger partial charge >= 0.3 is 6.09 Å². The molecule has 2 N–H and O–H groups in total. The highest BCUT2D eigenvalue weighted by Crippen LogP contribution is 2.21.